The second kappa shape index (κ2) is 4.86. The minimum Gasteiger partial charge on any atom is -0.364 e. The van der Waals surface area contributed by atoms with Crippen LogP contribution >= 0.6 is 39.1 Å². The van der Waals surface area contributed by atoms with Gasteiger partial charge in [0.2, 0.25) is 5.78 Å². The highest BCUT2D eigenvalue weighted by Gasteiger charge is 2.35. The highest BCUT2D eigenvalue weighted by atomic mass is 79.9. The Morgan fingerprint density at radius 2 is 2.21 bits per heavy atom. The van der Waals surface area contributed by atoms with Gasteiger partial charge in [-0.2, -0.15) is 5.10 Å². The molecule has 0 N–H and O–H groups in total. The van der Waals surface area contributed by atoms with Crippen LogP contribution in [0, 0.1) is 0 Å². The van der Waals surface area contributed by atoms with Crippen molar-refractivity contribution in [1.29, 1.82) is 0 Å². The fourth-order valence-corrected chi connectivity index (χ4v) is 2.45. The van der Waals surface area contributed by atoms with Gasteiger partial charge in [-0.1, -0.05) is 23.2 Å². The first-order valence-electron chi connectivity index (χ1n) is 5.29. The Hall–Kier alpha value is -0.950. The van der Waals surface area contributed by atoms with Crippen molar-refractivity contribution in [3.8, 4) is 5.82 Å². The summed E-state index contributed by atoms with van der Waals surface area (Å²) in [7, 11) is 0. The Kier molecular flexibility index (Phi) is 3.34. The minimum absolute atomic E-state index is 0.147. The van der Waals surface area contributed by atoms with E-state index in [4.69, 9.17) is 27.9 Å². The van der Waals surface area contributed by atoms with Crippen LogP contribution < -0.4 is 0 Å². The first-order chi connectivity index (χ1) is 9.06. The number of aromatic nitrogens is 3. The summed E-state index contributed by atoms with van der Waals surface area (Å²) in [6.45, 7) is 0.434. The molecular weight excluding hydrogens is 357 g/mol. The Labute approximate surface area is 126 Å². The monoisotopic (exact) mass is 361 g/mol. The maximum Gasteiger partial charge on any atom is 0.212 e. The van der Waals surface area contributed by atoms with Crippen LogP contribution in [0.3, 0.4) is 0 Å². The van der Waals surface area contributed by atoms with Gasteiger partial charge in [-0.3, -0.25) is 4.79 Å². The Morgan fingerprint density at radius 3 is 2.84 bits per heavy atom. The number of Topliss-reactive ketones (excluding diaryl/α,β-unsaturated/α-hetero) is 1. The molecule has 1 fully saturated rings. The van der Waals surface area contributed by atoms with Crippen LogP contribution in [0.15, 0.2) is 22.9 Å². The van der Waals surface area contributed by atoms with Gasteiger partial charge in [0.15, 0.2) is 5.82 Å². The van der Waals surface area contributed by atoms with E-state index in [1.807, 2.05) is 0 Å². The lowest BCUT2D eigenvalue weighted by Gasteiger charge is -2.06. The first kappa shape index (κ1) is 13.1. The molecule has 3 heterocycles. The summed E-state index contributed by atoms with van der Waals surface area (Å²) in [5.74, 6) is 0.201. The standard InChI is InChI=1S/C11H6BrCl2N3O2/c12-9-2-7(10(18)8-4-19-8)17(16-9)11-6(14)1-5(13)3-15-11/h1-3,8H,4H2. The number of halogens is 3. The quantitative estimate of drug-likeness (QED) is 0.622. The Bertz CT molecular complexity index is 670. The van der Waals surface area contributed by atoms with Crippen LogP contribution in [0.2, 0.25) is 10.0 Å². The largest absolute Gasteiger partial charge is 0.364 e. The molecule has 1 aliphatic rings. The molecule has 0 aromatic carbocycles. The van der Waals surface area contributed by atoms with Gasteiger partial charge < -0.3 is 4.74 Å². The zero-order chi connectivity index (χ0) is 13.6. The smallest absolute Gasteiger partial charge is 0.212 e. The normalized spacial score (nSPS) is 17.5. The van der Waals surface area contributed by atoms with Crippen molar-refractivity contribution in [2.24, 2.45) is 0 Å². The topological polar surface area (TPSA) is 60.3 Å². The van der Waals surface area contributed by atoms with E-state index in [-0.39, 0.29) is 5.78 Å². The van der Waals surface area contributed by atoms with Crippen LogP contribution in [0.5, 0.6) is 0 Å². The molecule has 0 amide bonds. The molecule has 19 heavy (non-hydrogen) atoms. The molecule has 0 aliphatic carbocycles. The second-order valence-electron chi connectivity index (χ2n) is 3.91. The molecule has 3 rings (SSSR count). The summed E-state index contributed by atoms with van der Waals surface area (Å²) in [4.78, 5) is 16.2. The Balaban J connectivity index is 2.11. The second-order valence-corrected chi connectivity index (χ2v) is 5.57. The first-order valence-corrected chi connectivity index (χ1v) is 6.84. The number of hydrogen-bond acceptors (Lipinski definition) is 4. The van der Waals surface area contributed by atoms with E-state index in [0.717, 1.165) is 0 Å². The number of carbonyl (C=O) groups excluding carboxylic acids is 1. The van der Waals surface area contributed by atoms with Crippen molar-refractivity contribution in [3.63, 3.8) is 0 Å². The molecule has 1 saturated heterocycles. The van der Waals surface area contributed by atoms with E-state index in [1.54, 1.807) is 12.1 Å². The maximum absolute atomic E-state index is 12.1. The maximum atomic E-state index is 12.1. The van der Waals surface area contributed by atoms with Crippen LogP contribution in [0.4, 0.5) is 0 Å². The molecular formula is C11H6BrCl2N3O2. The van der Waals surface area contributed by atoms with Gasteiger partial charge in [0, 0.05) is 12.3 Å². The van der Waals surface area contributed by atoms with E-state index in [2.05, 4.69) is 26.0 Å². The predicted molar refractivity (Wildman–Crippen MR) is 73.1 cm³/mol. The molecule has 5 nitrogen and oxygen atoms in total. The summed E-state index contributed by atoms with van der Waals surface area (Å²) in [6, 6.07) is 3.15. The van der Waals surface area contributed by atoms with E-state index < -0.39 is 6.10 Å². The van der Waals surface area contributed by atoms with E-state index >= 15 is 0 Å². The highest BCUT2D eigenvalue weighted by molar-refractivity contribution is 9.10. The van der Waals surface area contributed by atoms with Crippen LogP contribution in [-0.4, -0.2) is 33.3 Å². The SMILES string of the molecule is O=C(c1cc(Br)nn1-c1ncc(Cl)cc1Cl)C1CO1. The lowest BCUT2D eigenvalue weighted by molar-refractivity contribution is 0.0946. The summed E-state index contributed by atoms with van der Waals surface area (Å²) in [5, 5.41) is 4.90. The van der Waals surface area contributed by atoms with E-state index in [0.29, 0.717) is 32.8 Å². The molecule has 2 aromatic heterocycles. The third-order valence-corrected chi connectivity index (χ3v) is 3.42. The molecule has 0 bridgehead atoms. The van der Waals surface area contributed by atoms with Gasteiger partial charge in [-0.25, -0.2) is 9.67 Å². The lowest BCUT2D eigenvalue weighted by Crippen LogP contribution is -2.14. The van der Waals surface area contributed by atoms with Crippen molar-refractivity contribution in [2.45, 2.75) is 6.10 Å². The highest BCUT2D eigenvalue weighted by Crippen LogP contribution is 2.26. The molecule has 1 aliphatic heterocycles. The van der Waals surface area contributed by atoms with Gasteiger partial charge in [-0.05, 0) is 22.0 Å². The zero-order valence-electron chi connectivity index (χ0n) is 9.31. The summed E-state index contributed by atoms with van der Waals surface area (Å²) in [5.41, 5.74) is 0.367. The number of rotatable bonds is 3. The third-order valence-electron chi connectivity index (χ3n) is 2.55. The van der Waals surface area contributed by atoms with Crippen molar-refractivity contribution < 1.29 is 9.53 Å². The van der Waals surface area contributed by atoms with E-state index in [9.17, 15) is 4.79 Å². The molecule has 0 spiro atoms. The molecule has 98 valence electrons. The van der Waals surface area contributed by atoms with E-state index in [1.165, 1.54) is 10.9 Å². The number of nitrogens with zero attached hydrogens (tertiary/aromatic N) is 3. The average Bonchev–Trinajstić information content (AvgIpc) is 3.12. The van der Waals surface area contributed by atoms with Crippen LogP contribution in [-0.2, 0) is 4.74 Å². The Morgan fingerprint density at radius 1 is 1.47 bits per heavy atom. The fourth-order valence-electron chi connectivity index (χ4n) is 1.62. The van der Waals surface area contributed by atoms with Crippen molar-refractivity contribution in [2.75, 3.05) is 6.61 Å². The van der Waals surface area contributed by atoms with Gasteiger partial charge in [0.05, 0.1) is 16.7 Å². The molecule has 1 atom stereocenters. The zero-order valence-corrected chi connectivity index (χ0v) is 12.4. The predicted octanol–water partition coefficient (Wildman–Crippen LogP) is 2.92. The van der Waals surface area contributed by atoms with Gasteiger partial charge in [0.25, 0.3) is 0 Å². The summed E-state index contributed by atoms with van der Waals surface area (Å²) < 4.78 is 6.89. The molecule has 0 radical (unpaired) electrons. The average molecular weight is 363 g/mol. The van der Waals surface area contributed by atoms with Crippen LogP contribution in [0.25, 0.3) is 5.82 Å². The number of ether oxygens (including phenoxy) is 1. The number of carbonyl (C=O) groups is 1. The lowest BCUT2D eigenvalue weighted by atomic mass is 10.2. The summed E-state index contributed by atoms with van der Waals surface area (Å²) >= 11 is 15.1. The number of ketones is 1. The van der Waals surface area contributed by atoms with Gasteiger partial charge >= 0.3 is 0 Å². The molecule has 8 heteroatoms. The van der Waals surface area contributed by atoms with Gasteiger partial charge in [0.1, 0.15) is 16.4 Å². The fraction of sp³-hybridized carbons (Fsp3) is 0.182. The van der Waals surface area contributed by atoms with Crippen molar-refractivity contribution in [1.82, 2.24) is 14.8 Å². The molecule has 2 aromatic rings. The minimum atomic E-state index is -0.395. The number of epoxide rings is 1. The number of pyridine rings is 1. The van der Waals surface area contributed by atoms with Crippen molar-refractivity contribution in [3.05, 3.63) is 38.7 Å². The van der Waals surface area contributed by atoms with Crippen molar-refractivity contribution >= 4 is 44.9 Å². The third kappa shape index (κ3) is 2.53. The molecule has 0 saturated carbocycles. The summed E-state index contributed by atoms with van der Waals surface area (Å²) in [6.07, 6.45) is 1.05. The van der Waals surface area contributed by atoms with Crippen LogP contribution in [0.1, 0.15) is 10.5 Å². The van der Waals surface area contributed by atoms with Gasteiger partial charge in [-0.15, -0.1) is 0 Å². The molecule has 1 unspecified atom stereocenters. The number of hydrogen-bond donors (Lipinski definition) is 0.